The minimum Gasteiger partial charge on any atom is -0.497 e. The molecule has 1 aromatic rings. The van der Waals surface area contributed by atoms with Crippen LogP contribution >= 0.6 is 0 Å². The second kappa shape index (κ2) is 6.47. The van der Waals surface area contributed by atoms with Gasteiger partial charge in [0, 0.05) is 18.7 Å². The van der Waals surface area contributed by atoms with Crippen molar-refractivity contribution in [2.24, 2.45) is 5.73 Å². The molecule has 0 spiro atoms. The lowest BCUT2D eigenvalue weighted by Gasteiger charge is -2.19. The molecule has 0 aromatic heterocycles. The third kappa shape index (κ3) is 3.11. The first-order valence-electron chi connectivity index (χ1n) is 5.61. The first-order valence-corrected chi connectivity index (χ1v) is 5.61. The second-order valence-corrected chi connectivity index (χ2v) is 3.97. The Kier molecular flexibility index (Phi) is 5.25. The van der Waals surface area contributed by atoms with E-state index in [0.29, 0.717) is 13.2 Å². The maximum Gasteiger partial charge on any atom is 0.126 e. The Bertz CT molecular complexity index is 366. The monoisotopic (exact) mass is 239 g/mol. The normalized spacial score (nSPS) is 12.3. The van der Waals surface area contributed by atoms with Gasteiger partial charge in [0.25, 0.3) is 0 Å². The quantitative estimate of drug-likeness (QED) is 0.824. The zero-order chi connectivity index (χ0) is 12.8. The summed E-state index contributed by atoms with van der Waals surface area (Å²) in [6, 6.07) is 3.84. The number of rotatable bonds is 6. The highest BCUT2D eigenvalue weighted by atomic mass is 16.5. The second-order valence-electron chi connectivity index (χ2n) is 3.97. The first kappa shape index (κ1) is 13.8. The molecule has 96 valence electrons. The third-order valence-corrected chi connectivity index (χ3v) is 2.80. The van der Waals surface area contributed by atoms with Crippen LogP contribution in [-0.4, -0.2) is 27.9 Å². The molecule has 0 bridgehead atoms. The van der Waals surface area contributed by atoms with Gasteiger partial charge in [-0.25, -0.2) is 0 Å². The van der Waals surface area contributed by atoms with E-state index in [-0.39, 0.29) is 5.92 Å². The van der Waals surface area contributed by atoms with Crippen molar-refractivity contribution in [1.82, 2.24) is 0 Å². The molecule has 17 heavy (non-hydrogen) atoms. The lowest BCUT2D eigenvalue weighted by Crippen LogP contribution is -2.13. The van der Waals surface area contributed by atoms with E-state index in [1.54, 1.807) is 21.3 Å². The van der Waals surface area contributed by atoms with Gasteiger partial charge in [0.2, 0.25) is 0 Å². The molecule has 0 heterocycles. The molecule has 0 saturated heterocycles. The highest BCUT2D eigenvalue weighted by Gasteiger charge is 2.17. The van der Waals surface area contributed by atoms with Crippen molar-refractivity contribution in [1.29, 1.82) is 0 Å². The van der Waals surface area contributed by atoms with Gasteiger partial charge in [-0.05, 0) is 24.1 Å². The average Bonchev–Trinajstić information content (AvgIpc) is 2.37. The van der Waals surface area contributed by atoms with Gasteiger partial charge in [-0.1, -0.05) is 6.92 Å². The van der Waals surface area contributed by atoms with Crippen LogP contribution in [0.5, 0.6) is 11.5 Å². The van der Waals surface area contributed by atoms with Crippen molar-refractivity contribution in [2.45, 2.75) is 19.4 Å². The van der Waals surface area contributed by atoms with Crippen molar-refractivity contribution in [3.05, 3.63) is 23.3 Å². The summed E-state index contributed by atoms with van der Waals surface area (Å²) in [4.78, 5) is 0. The molecule has 0 radical (unpaired) electrons. The molecule has 1 aromatic carbocycles. The van der Waals surface area contributed by atoms with Gasteiger partial charge in [0.15, 0.2) is 0 Å². The Morgan fingerprint density at radius 1 is 1.18 bits per heavy atom. The molecule has 2 N–H and O–H groups in total. The zero-order valence-corrected chi connectivity index (χ0v) is 10.9. The van der Waals surface area contributed by atoms with Crippen LogP contribution in [0.15, 0.2) is 12.1 Å². The lowest BCUT2D eigenvalue weighted by atomic mass is 9.94. The van der Waals surface area contributed by atoms with Crippen molar-refractivity contribution >= 4 is 0 Å². The van der Waals surface area contributed by atoms with Crippen LogP contribution in [-0.2, 0) is 11.3 Å². The summed E-state index contributed by atoms with van der Waals surface area (Å²) in [6.45, 7) is 3.16. The van der Waals surface area contributed by atoms with Crippen molar-refractivity contribution < 1.29 is 14.2 Å². The van der Waals surface area contributed by atoms with E-state index >= 15 is 0 Å². The molecule has 0 saturated carbocycles. The van der Waals surface area contributed by atoms with E-state index in [4.69, 9.17) is 19.9 Å². The average molecular weight is 239 g/mol. The first-order chi connectivity index (χ1) is 8.17. The summed E-state index contributed by atoms with van der Waals surface area (Å²) < 4.78 is 15.9. The fourth-order valence-corrected chi connectivity index (χ4v) is 1.90. The van der Waals surface area contributed by atoms with E-state index in [1.165, 1.54) is 0 Å². The number of benzene rings is 1. The number of nitrogens with two attached hydrogens (primary N) is 1. The molecule has 1 unspecified atom stereocenters. The standard InChI is InChI=1S/C13H21NO3/c1-9(7-14)13-10(8-15-2)5-11(16-3)6-12(13)17-4/h5-6,9H,7-8,14H2,1-4H3. The summed E-state index contributed by atoms with van der Waals surface area (Å²) in [7, 11) is 4.96. The number of hydrogen-bond acceptors (Lipinski definition) is 4. The molecule has 4 nitrogen and oxygen atoms in total. The molecule has 0 fully saturated rings. The molecule has 0 aliphatic heterocycles. The predicted molar refractivity (Wildman–Crippen MR) is 67.7 cm³/mol. The fraction of sp³-hybridized carbons (Fsp3) is 0.538. The maximum absolute atomic E-state index is 5.74. The molecule has 0 aliphatic carbocycles. The number of ether oxygens (including phenoxy) is 3. The smallest absolute Gasteiger partial charge is 0.126 e. The molecule has 1 atom stereocenters. The summed E-state index contributed by atoms with van der Waals surface area (Å²) in [5.74, 6) is 1.79. The third-order valence-electron chi connectivity index (χ3n) is 2.80. The summed E-state index contributed by atoms with van der Waals surface area (Å²) in [5.41, 5.74) is 7.89. The topological polar surface area (TPSA) is 53.7 Å². The van der Waals surface area contributed by atoms with Crippen LogP contribution < -0.4 is 15.2 Å². The van der Waals surface area contributed by atoms with Crippen LogP contribution in [0.2, 0.25) is 0 Å². The van der Waals surface area contributed by atoms with E-state index in [0.717, 1.165) is 22.6 Å². The van der Waals surface area contributed by atoms with Crippen molar-refractivity contribution in [3.8, 4) is 11.5 Å². The highest BCUT2D eigenvalue weighted by Crippen LogP contribution is 2.34. The summed E-state index contributed by atoms with van der Waals surface area (Å²) in [5, 5.41) is 0. The SMILES string of the molecule is COCc1cc(OC)cc(OC)c1C(C)CN. The van der Waals surface area contributed by atoms with Crippen LogP contribution in [0, 0.1) is 0 Å². The fourth-order valence-electron chi connectivity index (χ4n) is 1.90. The predicted octanol–water partition coefficient (Wildman–Crippen LogP) is 1.91. The van der Waals surface area contributed by atoms with Crippen LogP contribution in [0.3, 0.4) is 0 Å². The summed E-state index contributed by atoms with van der Waals surface area (Å²) >= 11 is 0. The number of methoxy groups -OCH3 is 3. The van der Waals surface area contributed by atoms with E-state index < -0.39 is 0 Å². The molecule has 4 heteroatoms. The van der Waals surface area contributed by atoms with Gasteiger partial charge in [-0.3, -0.25) is 0 Å². The van der Waals surface area contributed by atoms with E-state index in [9.17, 15) is 0 Å². The highest BCUT2D eigenvalue weighted by molar-refractivity contribution is 5.48. The Morgan fingerprint density at radius 3 is 2.35 bits per heavy atom. The van der Waals surface area contributed by atoms with Crippen LogP contribution in [0.1, 0.15) is 24.0 Å². The van der Waals surface area contributed by atoms with Gasteiger partial charge in [-0.15, -0.1) is 0 Å². The van der Waals surface area contributed by atoms with Gasteiger partial charge < -0.3 is 19.9 Å². The Hall–Kier alpha value is -1.26. The number of hydrogen-bond donors (Lipinski definition) is 1. The molecule has 0 amide bonds. The Morgan fingerprint density at radius 2 is 1.88 bits per heavy atom. The molecular formula is C13H21NO3. The minimum atomic E-state index is 0.223. The maximum atomic E-state index is 5.74. The van der Waals surface area contributed by atoms with Crippen LogP contribution in [0.4, 0.5) is 0 Å². The van der Waals surface area contributed by atoms with Crippen molar-refractivity contribution in [2.75, 3.05) is 27.9 Å². The van der Waals surface area contributed by atoms with Gasteiger partial charge in [0.05, 0.1) is 20.8 Å². The van der Waals surface area contributed by atoms with Gasteiger partial charge >= 0.3 is 0 Å². The van der Waals surface area contributed by atoms with Gasteiger partial charge in [0.1, 0.15) is 11.5 Å². The molecule has 1 rings (SSSR count). The Balaban J connectivity index is 3.29. The zero-order valence-electron chi connectivity index (χ0n) is 10.9. The minimum absolute atomic E-state index is 0.223. The van der Waals surface area contributed by atoms with Crippen molar-refractivity contribution in [3.63, 3.8) is 0 Å². The lowest BCUT2D eigenvalue weighted by molar-refractivity contribution is 0.183. The summed E-state index contributed by atoms with van der Waals surface area (Å²) in [6.07, 6.45) is 0. The van der Waals surface area contributed by atoms with Gasteiger partial charge in [-0.2, -0.15) is 0 Å². The van der Waals surface area contributed by atoms with E-state index in [2.05, 4.69) is 6.92 Å². The Labute approximate surface area is 103 Å². The van der Waals surface area contributed by atoms with Crippen LogP contribution in [0.25, 0.3) is 0 Å². The molecular weight excluding hydrogens is 218 g/mol. The largest absolute Gasteiger partial charge is 0.497 e. The van der Waals surface area contributed by atoms with E-state index in [1.807, 2.05) is 12.1 Å². The molecule has 0 aliphatic rings.